The quantitative estimate of drug-likeness (QED) is 0.516. The van der Waals surface area contributed by atoms with Crippen LogP contribution in [0.15, 0.2) is 88.9 Å². The number of hydrogen-bond acceptors (Lipinski definition) is 4. The van der Waals surface area contributed by atoms with Gasteiger partial charge >= 0.3 is 0 Å². The predicted molar refractivity (Wildman–Crippen MR) is 101 cm³/mol. The molecule has 0 unspecified atom stereocenters. The van der Waals surface area contributed by atoms with Crippen molar-refractivity contribution in [3.05, 3.63) is 101 Å². The molecule has 0 bridgehead atoms. The van der Waals surface area contributed by atoms with Gasteiger partial charge in [0.25, 0.3) is 0 Å². The Balaban J connectivity index is 1.54. The van der Waals surface area contributed by atoms with E-state index in [1.165, 1.54) is 11.1 Å². The smallest absolute Gasteiger partial charge is 0.236 e. The number of nitrogens with zero attached hydrogens (tertiary/aromatic N) is 1. The van der Waals surface area contributed by atoms with Crippen molar-refractivity contribution in [1.29, 1.82) is 0 Å². The van der Waals surface area contributed by atoms with Crippen molar-refractivity contribution < 1.29 is 4.42 Å². The van der Waals surface area contributed by atoms with Crippen LogP contribution in [0.1, 0.15) is 22.9 Å². The van der Waals surface area contributed by atoms with Gasteiger partial charge < -0.3 is 9.73 Å². The molecule has 3 nitrogen and oxygen atoms in total. The van der Waals surface area contributed by atoms with E-state index in [0.717, 1.165) is 10.6 Å². The zero-order valence-electron chi connectivity index (χ0n) is 13.6. The molecule has 124 valence electrons. The Morgan fingerprint density at radius 2 is 1.56 bits per heavy atom. The molecule has 0 saturated carbocycles. The van der Waals surface area contributed by atoms with Gasteiger partial charge in [-0.05, 0) is 22.6 Å². The summed E-state index contributed by atoms with van der Waals surface area (Å²) in [7, 11) is 0. The Morgan fingerprint density at radius 3 is 2.16 bits per heavy atom. The molecule has 2 heterocycles. The summed E-state index contributed by atoms with van der Waals surface area (Å²) in [6, 6.07) is 25.1. The largest absolute Gasteiger partial charge is 0.444 e. The molecule has 4 rings (SSSR count). The van der Waals surface area contributed by atoms with Crippen LogP contribution in [-0.2, 0) is 6.54 Å². The zero-order valence-corrected chi connectivity index (χ0v) is 14.4. The Bertz CT molecular complexity index is 862. The van der Waals surface area contributed by atoms with Crippen LogP contribution in [0.4, 0.5) is 0 Å². The average molecular weight is 346 g/mol. The van der Waals surface area contributed by atoms with E-state index in [9.17, 15) is 0 Å². The zero-order chi connectivity index (χ0) is 16.9. The van der Waals surface area contributed by atoms with Crippen molar-refractivity contribution >= 4 is 11.3 Å². The first-order valence-corrected chi connectivity index (χ1v) is 9.10. The fourth-order valence-corrected chi connectivity index (χ4v) is 3.48. The van der Waals surface area contributed by atoms with Gasteiger partial charge in [-0.2, -0.15) is 0 Å². The van der Waals surface area contributed by atoms with Crippen molar-refractivity contribution in [2.75, 3.05) is 0 Å². The van der Waals surface area contributed by atoms with E-state index in [2.05, 4.69) is 58.8 Å². The van der Waals surface area contributed by atoms with Crippen LogP contribution in [0, 0.1) is 0 Å². The highest BCUT2D eigenvalue weighted by molar-refractivity contribution is 7.13. The van der Waals surface area contributed by atoms with Crippen molar-refractivity contribution in [1.82, 2.24) is 10.3 Å². The average Bonchev–Trinajstić information content (AvgIpc) is 3.35. The molecule has 0 aliphatic carbocycles. The maximum Gasteiger partial charge on any atom is 0.236 e. The van der Waals surface area contributed by atoms with E-state index in [-0.39, 0.29) is 6.04 Å². The van der Waals surface area contributed by atoms with Gasteiger partial charge in [-0.25, -0.2) is 4.98 Å². The summed E-state index contributed by atoms with van der Waals surface area (Å²) in [5, 5.41) is 5.63. The van der Waals surface area contributed by atoms with Crippen LogP contribution >= 0.6 is 11.3 Å². The van der Waals surface area contributed by atoms with E-state index in [4.69, 9.17) is 4.42 Å². The predicted octanol–water partition coefficient (Wildman–Crippen LogP) is 5.28. The van der Waals surface area contributed by atoms with Gasteiger partial charge in [-0.1, -0.05) is 66.7 Å². The van der Waals surface area contributed by atoms with E-state index >= 15 is 0 Å². The maximum atomic E-state index is 5.61. The third kappa shape index (κ3) is 3.71. The van der Waals surface area contributed by atoms with Crippen LogP contribution in [0.3, 0.4) is 0 Å². The summed E-state index contributed by atoms with van der Waals surface area (Å²) in [4.78, 5) is 5.64. The van der Waals surface area contributed by atoms with Crippen LogP contribution < -0.4 is 5.32 Å². The minimum Gasteiger partial charge on any atom is -0.444 e. The molecule has 0 fully saturated rings. The van der Waals surface area contributed by atoms with E-state index in [0.29, 0.717) is 12.4 Å². The lowest BCUT2D eigenvalue weighted by Gasteiger charge is -2.19. The molecular weight excluding hydrogens is 328 g/mol. The SMILES string of the molecule is c1ccc(C(NCc2coc(-c3cccs3)n2)c2ccccc2)cc1. The van der Waals surface area contributed by atoms with Crippen LogP contribution in [-0.4, -0.2) is 4.98 Å². The van der Waals surface area contributed by atoms with E-state index in [1.807, 2.05) is 29.6 Å². The molecule has 2 aromatic heterocycles. The molecule has 0 aliphatic heterocycles. The van der Waals surface area contributed by atoms with Gasteiger partial charge in [-0.15, -0.1) is 11.3 Å². The number of nitrogens with one attached hydrogen (secondary N) is 1. The fraction of sp³-hybridized carbons (Fsp3) is 0.0952. The molecule has 0 spiro atoms. The van der Waals surface area contributed by atoms with E-state index in [1.54, 1.807) is 17.6 Å². The summed E-state index contributed by atoms with van der Waals surface area (Å²) in [5.74, 6) is 0.683. The molecule has 4 heteroatoms. The van der Waals surface area contributed by atoms with Gasteiger partial charge in [0.2, 0.25) is 5.89 Å². The first kappa shape index (κ1) is 15.8. The molecule has 0 radical (unpaired) electrons. The number of hydrogen-bond donors (Lipinski definition) is 1. The number of aromatic nitrogens is 1. The van der Waals surface area contributed by atoms with Crippen molar-refractivity contribution in [2.24, 2.45) is 0 Å². The Hall–Kier alpha value is -2.69. The molecular formula is C21H18N2OS. The molecule has 0 aliphatic rings. The monoisotopic (exact) mass is 346 g/mol. The summed E-state index contributed by atoms with van der Waals surface area (Å²) >= 11 is 1.63. The molecule has 0 amide bonds. The van der Waals surface area contributed by atoms with E-state index < -0.39 is 0 Å². The lowest BCUT2D eigenvalue weighted by atomic mass is 9.99. The number of rotatable bonds is 6. The van der Waals surface area contributed by atoms with Crippen molar-refractivity contribution in [3.8, 4) is 10.8 Å². The van der Waals surface area contributed by atoms with Crippen LogP contribution in [0.2, 0.25) is 0 Å². The van der Waals surface area contributed by atoms with Crippen LogP contribution in [0.5, 0.6) is 0 Å². The molecule has 1 N–H and O–H groups in total. The molecule has 2 aromatic carbocycles. The summed E-state index contributed by atoms with van der Waals surface area (Å²) in [6.45, 7) is 0.642. The topological polar surface area (TPSA) is 38.1 Å². The number of thiophene rings is 1. The second-order valence-corrected chi connectivity index (χ2v) is 6.70. The number of oxazole rings is 1. The molecule has 0 saturated heterocycles. The lowest BCUT2D eigenvalue weighted by molar-refractivity contribution is 0.565. The standard InChI is InChI=1S/C21H18N2OS/c1-3-8-16(9-4-1)20(17-10-5-2-6-11-17)22-14-18-15-24-21(23-18)19-12-7-13-25-19/h1-13,15,20,22H,14H2. The molecule has 0 atom stereocenters. The maximum absolute atomic E-state index is 5.61. The van der Waals surface area contributed by atoms with Crippen molar-refractivity contribution in [2.45, 2.75) is 12.6 Å². The third-order valence-electron chi connectivity index (χ3n) is 4.04. The number of benzene rings is 2. The second kappa shape index (κ2) is 7.47. The second-order valence-electron chi connectivity index (χ2n) is 5.76. The van der Waals surface area contributed by atoms with Gasteiger partial charge in [0, 0.05) is 6.54 Å². The summed E-state index contributed by atoms with van der Waals surface area (Å²) < 4.78 is 5.61. The highest BCUT2D eigenvalue weighted by atomic mass is 32.1. The van der Waals surface area contributed by atoms with Gasteiger partial charge in [0.15, 0.2) is 0 Å². The Labute approximate surface area is 151 Å². The molecule has 25 heavy (non-hydrogen) atoms. The summed E-state index contributed by atoms with van der Waals surface area (Å²) in [6.07, 6.45) is 1.73. The minimum absolute atomic E-state index is 0.115. The van der Waals surface area contributed by atoms with Gasteiger partial charge in [-0.3, -0.25) is 0 Å². The highest BCUT2D eigenvalue weighted by Gasteiger charge is 2.14. The third-order valence-corrected chi connectivity index (χ3v) is 4.89. The minimum atomic E-state index is 0.115. The molecule has 4 aromatic rings. The highest BCUT2D eigenvalue weighted by Crippen LogP contribution is 2.25. The Kier molecular flexibility index (Phi) is 4.72. The first-order valence-electron chi connectivity index (χ1n) is 8.22. The fourth-order valence-electron chi connectivity index (χ4n) is 2.83. The first-order chi connectivity index (χ1) is 12.4. The summed E-state index contributed by atoms with van der Waals surface area (Å²) in [5.41, 5.74) is 3.37. The Morgan fingerprint density at radius 1 is 0.880 bits per heavy atom. The van der Waals surface area contributed by atoms with Crippen LogP contribution in [0.25, 0.3) is 10.8 Å². The van der Waals surface area contributed by atoms with Gasteiger partial charge in [0.05, 0.1) is 16.6 Å². The van der Waals surface area contributed by atoms with Gasteiger partial charge in [0.1, 0.15) is 6.26 Å². The van der Waals surface area contributed by atoms with Crippen molar-refractivity contribution in [3.63, 3.8) is 0 Å². The normalized spacial score (nSPS) is 11.1. The lowest BCUT2D eigenvalue weighted by Crippen LogP contribution is -2.22.